The molecule has 0 aliphatic rings. The van der Waals surface area contributed by atoms with Crippen LogP contribution in [0, 0.1) is 0 Å². The van der Waals surface area contributed by atoms with Crippen LogP contribution in [0.25, 0.3) is 0 Å². The smallest absolute Gasteiger partial charge is 0.831 e. The minimum atomic E-state index is -0.926. The summed E-state index contributed by atoms with van der Waals surface area (Å²) >= 11 is 0. The summed E-state index contributed by atoms with van der Waals surface area (Å²) in [6.07, 6.45) is -0.926. The van der Waals surface area contributed by atoms with Gasteiger partial charge < -0.3 is 14.6 Å². The van der Waals surface area contributed by atoms with Gasteiger partial charge in [0.05, 0.1) is 13.2 Å². The predicted molar refractivity (Wildman–Crippen MR) is 31.9 cm³/mol. The van der Waals surface area contributed by atoms with Gasteiger partial charge in [-0.1, -0.05) is 6.92 Å². The maximum absolute atomic E-state index is 10.2. The van der Waals surface area contributed by atoms with Gasteiger partial charge in [-0.25, -0.2) is 0 Å². The first-order valence-electron chi connectivity index (χ1n) is 3.12. The van der Waals surface area contributed by atoms with Gasteiger partial charge in [-0.15, -0.1) is 0 Å². The summed E-state index contributed by atoms with van der Waals surface area (Å²) in [5.74, 6) is 0. The molecule has 0 aromatic heterocycles. The summed E-state index contributed by atoms with van der Waals surface area (Å²) in [5, 5.41) is 10.2. The molecule has 0 aromatic rings. The summed E-state index contributed by atoms with van der Waals surface area (Å²) in [6, 6.07) is 0. The average Bonchev–Trinajstić information content (AvgIpc) is 1.80. The molecule has 0 aromatic carbocycles. The van der Waals surface area contributed by atoms with Gasteiger partial charge in [0, 0.05) is 6.61 Å². The quantitative estimate of drug-likeness (QED) is 0.229. The van der Waals surface area contributed by atoms with Crippen LogP contribution in [0.1, 0.15) is 13.8 Å². The summed E-state index contributed by atoms with van der Waals surface area (Å²) in [5.41, 5.74) is 0. The first-order valence-corrected chi connectivity index (χ1v) is 3.12. The molecule has 0 saturated carbocycles. The Morgan fingerprint density at radius 3 is 2.40 bits per heavy atom. The zero-order valence-corrected chi connectivity index (χ0v) is 6.92. The van der Waals surface area contributed by atoms with Crippen molar-refractivity contribution >= 4 is 0 Å². The van der Waals surface area contributed by atoms with Crippen molar-refractivity contribution in [2.45, 2.75) is 20.1 Å². The van der Waals surface area contributed by atoms with Gasteiger partial charge in [-0.3, -0.25) is 0 Å². The number of rotatable bonds is 5. The molecule has 0 aliphatic carbocycles. The third kappa shape index (κ3) is 11.3. The minimum Gasteiger partial charge on any atom is -0.831 e. The van der Waals surface area contributed by atoms with Crippen LogP contribution in [0.4, 0.5) is 0 Å². The van der Waals surface area contributed by atoms with E-state index in [1.807, 2.05) is 6.92 Å². The first kappa shape index (κ1) is 13.1. The van der Waals surface area contributed by atoms with Gasteiger partial charge in [0.1, 0.15) is 0 Å². The van der Waals surface area contributed by atoms with E-state index in [2.05, 4.69) is 4.74 Å². The Labute approximate surface area is 73.9 Å². The van der Waals surface area contributed by atoms with Crippen molar-refractivity contribution < 1.29 is 33.4 Å². The molecule has 0 aliphatic heterocycles. The third-order valence-corrected chi connectivity index (χ3v) is 0.784. The maximum Gasteiger partial charge on any atom is 1.00 e. The Morgan fingerprint density at radius 2 is 2.00 bits per heavy atom. The monoisotopic (exact) mass is 140 g/mol. The van der Waals surface area contributed by atoms with Crippen LogP contribution >= 0.6 is 0 Å². The van der Waals surface area contributed by atoms with Gasteiger partial charge >= 0.3 is 18.9 Å². The molecule has 0 radical (unpaired) electrons. The summed E-state index contributed by atoms with van der Waals surface area (Å²) < 4.78 is 9.58. The number of hydrogen-bond acceptors (Lipinski definition) is 3. The predicted octanol–water partition coefficient (Wildman–Crippen LogP) is -3.25. The Hall–Kier alpha value is 0.477. The Morgan fingerprint density at radius 1 is 1.40 bits per heavy atom. The van der Waals surface area contributed by atoms with E-state index in [0.717, 1.165) is 0 Å². The molecule has 0 fully saturated rings. The van der Waals surface area contributed by atoms with E-state index >= 15 is 0 Å². The molecule has 0 N–H and O–H groups in total. The molecule has 0 spiro atoms. The van der Waals surface area contributed by atoms with E-state index in [4.69, 9.17) is 4.74 Å². The molecule has 3 nitrogen and oxygen atoms in total. The second-order valence-electron chi connectivity index (χ2n) is 1.64. The van der Waals surface area contributed by atoms with E-state index in [9.17, 15) is 5.11 Å². The van der Waals surface area contributed by atoms with Crippen molar-refractivity contribution in [3.63, 3.8) is 0 Å². The fraction of sp³-hybridized carbons (Fsp3) is 1.00. The molecule has 0 amide bonds. The van der Waals surface area contributed by atoms with E-state index in [-0.39, 0.29) is 18.9 Å². The van der Waals surface area contributed by atoms with Crippen LogP contribution in [0.15, 0.2) is 0 Å². The first-order chi connectivity index (χ1) is 4.27. The number of hydrogen-bond donors (Lipinski definition) is 0. The molecule has 0 heterocycles. The SMILES string of the molecule is CCOCCOC(C)[O-].[Li+]. The molecular weight excluding hydrogens is 127 g/mol. The molecule has 1 atom stereocenters. The number of ether oxygens (including phenoxy) is 2. The van der Waals surface area contributed by atoms with Crippen LogP contribution in [0.2, 0.25) is 0 Å². The molecule has 10 heavy (non-hydrogen) atoms. The van der Waals surface area contributed by atoms with Crippen LogP contribution in [0.5, 0.6) is 0 Å². The Kier molecular flexibility index (Phi) is 12.4. The van der Waals surface area contributed by atoms with Gasteiger partial charge in [0.25, 0.3) is 0 Å². The van der Waals surface area contributed by atoms with Crippen LogP contribution in [-0.4, -0.2) is 26.1 Å². The van der Waals surface area contributed by atoms with Crippen molar-refractivity contribution in [2.75, 3.05) is 19.8 Å². The molecule has 56 valence electrons. The van der Waals surface area contributed by atoms with E-state index < -0.39 is 6.29 Å². The van der Waals surface area contributed by atoms with Gasteiger partial charge in [0.2, 0.25) is 0 Å². The zero-order valence-electron chi connectivity index (χ0n) is 6.92. The van der Waals surface area contributed by atoms with E-state index in [1.54, 1.807) is 0 Å². The fourth-order valence-electron chi connectivity index (χ4n) is 0.417. The van der Waals surface area contributed by atoms with Crippen molar-refractivity contribution in [3.05, 3.63) is 0 Å². The molecule has 0 rings (SSSR count). The average molecular weight is 140 g/mol. The molecule has 1 unspecified atom stereocenters. The Balaban J connectivity index is 0. The van der Waals surface area contributed by atoms with Crippen LogP contribution in [0.3, 0.4) is 0 Å². The topological polar surface area (TPSA) is 41.5 Å². The van der Waals surface area contributed by atoms with Crippen LogP contribution < -0.4 is 24.0 Å². The summed E-state index contributed by atoms with van der Waals surface area (Å²) in [4.78, 5) is 0. The second kappa shape index (κ2) is 9.48. The second-order valence-corrected chi connectivity index (χ2v) is 1.64. The van der Waals surface area contributed by atoms with Gasteiger partial charge in [0.15, 0.2) is 0 Å². The summed E-state index contributed by atoms with van der Waals surface area (Å²) in [7, 11) is 0. The van der Waals surface area contributed by atoms with Crippen molar-refractivity contribution in [2.24, 2.45) is 0 Å². The normalized spacial score (nSPS) is 12.3. The molecule has 4 heteroatoms. The van der Waals surface area contributed by atoms with Crippen molar-refractivity contribution in [1.82, 2.24) is 0 Å². The van der Waals surface area contributed by atoms with E-state index in [0.29, 0.717) is 19.8 Å². The fourth-order valence-corrected chi connectivity index (χ4v) is 0.417. The third-order valence-electron chi connectivity index (χ3n) is 0.784. The molecule has 0 saturated heterocycles. The standard InChI is InChI=1S/C6H13O3.Li/c1-3-8-4-5-9-6(2)7;/h6H,3-5H2,1-2H3;/q-1;+1. The minimum absolute atomic E-state index is 0. The largest absolute Gasteiger partial charge is 1.00 e. The Bertz CT molecular complexity index is 59.0. The van der Waals surface area contributed by atoms with Crippen molar-refractivity contribution in [3.8, 4) is 0 Å². The maximum atomic E-state index is 10.2. The van der Waals surface area contributed by atoms with Gasteiger partial charge in [-0.2, -0.15) is 0 Å². The molecular formula is C6H13LiO3. The van der Waals surface area contributed by atoms with Crippen LogP contribution in [-0.2, 0) is 9.47 Å². The van der Waals surface area contributed by atoms with E-state index in [1.165, 1.54) is 6.92 Å². The van der Waals surface area contributed by atoms with Gasteiger partial charge in [-0.05, 0) is 13.2 Å². The molecule has 0 bridgehead atoms. The van der Waals surface area contributed by atoms with Crippen molar-refractivity contribution in [1.29, 1.82) is 0 Å². The zero-order chi connectivity index (χ0) is 7.11. The summed E-state index contributed by atoms with van der Waals surface area (Å²) in [6.45, 7) is 4.96.